The van der Waals surface area contributed by atoms with Crippen molar-refractivity contribution in [1.82, 2.24) is 9.97 Å². The first-order valence-corrected chi connectivity index (χ1v) is 12.6. The number of carbonyl (C=O) groups is 2. The molecule has 2 aliphatic carbocycles. The third-order valence-corrected chi connectivity index (χ3v) is 6.77. The average Bonchev–Trinajstić information content (AvgIpc) is 3.53. The number of allylic oxidation sites excluding steroid dienone is 6. The van der Waals surface area contributed by atoms with Crippen molar-refractivity contribution >= 4 is 87.5 Å². The van der Waals surface area contributed by atoms with Crippen molar-refractivity contribution in [3.63, 3.8) is 0 Å². The summed E-state index contributed by atoms with van der Waals surface area (Å²) in [6.45, 7) is 0. The third kappa shape index (κ3) is 8.69. The van der Waals surface area contributed by atoms with Crippen LogP contribution in [0.25, 0.3) is 0 Å². The zero-order valence-corrected chi connectivity index (χ0v) is 24.1. The molecular weight excluding hydrogens is 739 g/mol. The number of nitro groups is 2. The molecule has 0 unspecified atom stereocenters. The Balaban J connectivity index is 0.000000267. The van der Waals surface area contributed by atoms with Gasteiger partial charge in [0.25, 0.3) is 0 Å². The minimum absolute atomic E-state index is 0. The van der Waals surface area contributed by atoms with E-state index >= 15 is 0 Å². The molecule has 0 atom stereocenters. The number of hydrogen-bond acceptors (Lipinski definition) is 14. The average molecular weight is 747 g/mol. The van der Waals surface area contributed by atoms with E-state index in [0.29, 0.717) is 0 Å². The van der Waals surface area contributed by atoms with E-state index in [9.17, 15) is 40.0 Å². The molecule has 21 heteroatoms. The number of aliphatic hydroxyl groups excluding tert-OH is 2. The first-order chi connectivity index (χ1) is 17.9. The molecule has 0 spiro atoms. The summed E-state index contributed by atoms with van der Waals surface area (Å²) in [5.41, 5.74) is 0.119. The van der Waals surface area contributed by atoms with Gasteiger partial charge in [-0.05, 0) is 44.0 Å². The number of carbonyl (C=O) groups excluding carboxylic acids is 2. The standard InChI is InChI=1S/2C9H5BrN4O4S.Co/c2*10-4-1-5(7(16)2-6(4)15)12-13-9-11-3-8(19-9)14(17)18;/h2*1-3H,(H2,11,13,15,16);/q;;+2/p-2. The molecule has 0 aromatic carbocycles. The molecule has 0 bridgehead atoms. The van der Waals surface area contributed by atoms with Gasteiger partial charge < -0.3 is 30.4 Å². The molecule has 1 radical (unpaired) electrons. The molecule has 0 amide bonds. The number of aromatic nitrogens is 2. The van der Waals surface area contributed by atoms with Crippen molar-refractivity contribution < 1.29 is 46.4 Å². The van der Waals surface area contributed by atoms with Crippen LogP contribution in [0.2, 0.25) is 0 Å². The van der Waals surface area contributed by atoms with Crippen LogP contribution in [0.5, 0.6) is 0 Å². The number of halogens is 2. The Hall–Kier alpha value is -3.63. The van der Waals surface area contributed by atoms with E-state index in [1.165, 1.54) is 12.2 Å². The van der Waals surface area contributed by atoms with Crippen molar-refractivity contribution in [3.8, 4) is 0 Å². The van der Waals surface area contributed by atoms with Gasteiger partial charge in [-0.15, -0.1) is 0 Å². The van der Waals surface area contributed by atoms with Crippen molar-refractivity contribution in [3.05, 3.63) is 87.0 Å². The summed E-state index contributed by atoms with van der Waals surface area (Å²) in [5, 5.41) is 54.2. The van der Waals surface area contributed by atoms with E-state index in [4.69, 9.17) is 0 Å². The van der Waals surface area contributed by atoms with Crippen LogP contribution in [-0.2, 0) is 26.4 Å². The Morgan fingerprint density at radius 3 is 1.38 bits per heavy atom. The molecule has 2 aliphatic rings. The zero-order chi connectivity index (χ0) is 28.0. The Morgan fingerprint density at radius 2 is 1.08 bits per heavy atom. The van der Waals surface area contributed by atoms with Crippen molar-refractivity contribution in [2.24, 2.45) is 20.4 Å². The van der Waals surface area contributed by atoms with Gasteiger partial charge in [-0.25, -0.2) is 0 Å². The molecule has 2 N–H and O–H groups in total. The maximum Gasteiger partial charge on any atom is 2.00 e. The van der Waals surface area contributed by atoms with Crippen molar-refractivity contribution in [2.75, 3.05) is 0 Å². The summed E-state index contributed by atoms with van der Waals surface area (Å²) < 4.78 is 0.453. The van der Waals surface area contributed by atoms with Gasteiger partial charge in [0.15, 0.2) is 11.6 Å². The van der Waals surface area contributed by atoms with Gasteiger partial charge >= 0.3 is 26.8 Å². The fourth-order valence-corrected chi connectivity index (χ4v) is 3.96. The van der Waals surface area contributed by atoms with E-state index in [1.807, 2.05) is 0 Å². The summed E-state index contributed by atoms with van der Waals surface area (Å²) in [6.07, 6.45) is 6.70. The van der Waals surface area contributed by atoms with Crippen LogP contribution >= 0.6 is 54.5 Å². The van der Waals surface area contributed by atoms with Gasteiger partial charge in [-0.2, -0.15) is 0 Å². The van der Waals surface area contributed by atoms with Gasteiger partial charge in [0.05, 0.1) is 18.8 Å². The van der Waals surface area contributed by atoms with Gasteiger partial charge in [0.1, 0.15) is 22.9 Å². The topological polar surface area (TPSA) is 239 Å². The van der Waals surface area contributed by atoms with Gasteiger partial charge in [0.2, 0.25) is 0 Å². The predicted molar refractivity (Wildman–Crippen MR) is 140 cm³/mol. The number of ketones is 2. The van der Waals surface area contributed by atoms with E-state index in [-0.39, 0.29) is 79.9 Å². The number of nitrogens with zero attached hydrogens (tertiary/aromatic N) is 8. The second kappa shape index (κ2) is 14.0. The summed E-state index contributed by atoms with van der Waals surface area (Å²) in [7, 11) is 0. The molecule has 0 saturated carbocycles. The fraction of sp³-hybridized carbons (Fsp3) is 0. The Bertz CT molecular complexity index is 1550. The van der Waals surface area contributed by atoms with Crippen LogP contribution in [0.4, 0.5) is 10.0 Å². The van der Waals surface area contributed by atoms with Crippen LogP contribution in [0.3, 0.4) is 0 Å². The minimum Gasteiger partial charge on any atom is -0.506 e. The normalized spacial score (nSPS) is 18.0. The number of rotatable bonds is 4. The molecule has 2 aromatic rings. The van der Waals surface area contributed by atoms with Crippen LogP contribution in [-0.4, -0.2) is 43.0 Å². The molecule has 0 saturated heterocycles. The quantitative estimate of drug-likeness (QED) is 0.263. The summed E-state index contributed by atoms with van der Waals surface area (Å²) in [4.78, 5) is 49.6. The van der Waals surface area contributed by atoms with Crippen LogP contribution < -0.4 is 19.6 Å². The first kappa shape index (κ1) is 31.6. The Labute approximate surface area is 250 Å². The second-order valence-electron chi connectivity index (χ2n) is 6.42. The zero-order valence-electron chi connectivity index (χ0n) is 18.3. The molecule has 4 rings (SSSR count). The molecule has 16 nitrogen and oxygen atoms in total. The molecule has 203 valence electrons. The van der Waals surface area contributed by atoms with E-state index in [0.717, 1.165) is 47.2 Å². The van der Waals surface area contributed by atoms with Crippen LogP contribution in [0.15, 0.2) is 77.6 Å². The molecule has 39 heavy (non-hydrogen) atoms. The summed E-state index contributed by atoms with van der Waals surface area (Å²) in [5.74, 6) is -1.44. The predicted octanol–water partition coefficient (Wildman–Crippen LogP) is 2.34. The first-order valence-electron chi connectivity index (χ1n) is 9.37. The van der Waals surface area contributed by atoms with E-state index in [1.54, 1.807) is 0 Å². The van der Waals surface area contributed by atoms with Gasteiger partial charge in [-0.3, -0.25) is 40.0 Å². The number of aliphatic hydroxyl groups is 2. The van der Waals surface area contributed by atoms with Crippen LogP contribution in [0.1, 0.15) is 0 Å². The van der Waals surface area contributed by atoms with E-state index in [2.05, 4.69) is 62.2 Å². The maximum absolute atomic E-state index is 11.2. The van der Waals surface area contributed by atoms with Gasteiger partial charge in [-0.1, -0.05) is 22.7 Å². The molecule has 0 fully saturated rings. The van der Waals surface area contributed by atoms with Crippen LogP contribution in [0, 0.1) is 20.2 Å². The Morgan fingerprint density at radius 1 is 0.718 bits per heavy atom. The maximum atomic E-state index is 11.2. The van der Waals surface area contributed by atoms with Gasteiger partial charge in [0, 0.05) is 34.1 Å². The second-order valence-corrected chi connectivity index (χ2v) is 10.1. The summed E-state index contributed by atoms with van der Waals surface area (Å²) >= 11 is 7.50. The SMILES string of the molecule is O=C1C=C(O)/C(=N/N=c2\[n-]cc([N+](=O)[O-])s2)C=C1Br.O=C1C=C(O)/C(=N/N=c2\[n-]cc([N+](=O)[O-])s2)C=C1Br.[Co+2]. The molecular formula is C18H8Br2CoN8O8S2. The monoisotopic (exact) mass is 745 g/mol. The van der Waals surface area contributed by atoms with Crippen molar-refractivity contribution in [1.29, 1.82) is 0 Å². The molecule has 0 aliphatic heterocycles. The summed E-state index contributed by atoms with van der Waals surface area (Å²) in [6, 6.07) is 0. The fourth-order valence-electron chi connectivity index (χ4n) is 2.19. The minimum atomic E-state index is -0.586. The number of hydrogen-bond donors (Lipinski definition) is 2. The molecule has 2 aromatic heterocycles. The number of thiazole rings is 2. The smallest absolute Gasteiger partial charge is 0.506 e. The van der Waals surface area contributed by atoms with Crippen molar-refractivity contribution in [2.45, 2.75) is 0 Å². The Kier molecular flexibility index (Phi) is 11.3. The largest absolute Gasteiger partial charge is 2.00 e. The third-order valence-electron chi connectivity index (χ3n) is 3.87. The van der Waals surface area contributed by atoms with E-state index < -0.39 is 9.85 Å². The molecule has 2 heterocycles.